The molecule has 7 heteroatoms. The van der Waals surface area contributed by atoms with Gasteiger partial charge in [0.1, 0.15) is 5.69 Å². The van der Waals surface area contributed by atoms with Crippen molar-refractivity contribution < 1.29 is 4.92 Å². The lowest BCUT2D eigenvalue weighted by molar-refractivity contribution is -0.389. The van der Waals surface area contributed by atoms with E-state index in [4.69, 9.17) is 11.6 Å². The van der Waals surface area contributed by atoms with Gasteiger partial charge in [-0.2, -0.15) is 0 Å². The van der Waals surface area contributed by atoms with Crippen LogP contribution in [0.4, 0.5) is 5.69 Å². The van der Waals surface area contributed by atoms with Gasteiger partial charge in [-0.15, -0.1) is 0 Å². The highest BCUT2D eigenvalue weighted by molar-refractivity contribution is 7.99. The monoisotopic (exact) mass is 321 g/mol. The van der Waals surface area contributed by atoms with Crippen molar-refractivity contribution in [3.05, 3.63) is 50.4 Å². The predicted molar refractivity (Wildman–Crippen MR) is 81.0 cm³/mol. The van der Waals surface area contributed by atoms with Gasteiger partial charge in [0.15, 0.2) is 5.03 Å². The highest BCUT2D eigenvalue weighted by Crippen LogP contribution is 2.37. The normalized spacial score (nSPS) is 13.2. The van der Waals surface area contributed by atoms with Crippen molar-refractivity contribution in [2.24, 2.45) is 0 Å². The topological polar surface area (TPSA) is 68.9 Å². The van der Waals surface area contributed by atoms with E-state index in [-0.39, 0.29) is 21.7 Å². The fourth-order valence-corrected chi connectivity index (χ4v) is 3.79. The minimum absolute atomic E-state index is 0.0294. The van der Waals surface area contributed by atoms with Crippen LogP contribution in [0.3, 0.4) is 0 Å². The Labute approximate surface area is 130 Å². The largest absolute Gasteiger partial charge is 0.322 e. The summed E-state index contributed by atoms with van der Waals surface area (Å²) in [5.41, 5.74) is 2.89. The first-order chi connectivity index (χ1) is 10.0. The molecule has 2 aromatic rings. The minimum atomic E-state index is -0.457. The van der Waals surface area contributed by atoms with Crippen molar-refractivity contribution >= 4 is 29.1 Å². The van der Waals surface area contributed by atoms with E-state index in [1.807, 2.05) is 6.07 Å². The third-order valence-electron chi connectivity index (χ3n) is 3.47. The van der Waals surface area contributed by atoms with Gasteiger partial charge in [0.05, 0.1) is 4.92 Å². The number of aryl methyl sites for hydroxylation is 3. The number of nitro groups is 1. The highest BCUT2D eigenvalue weighted by atomic mass is 35.5. The lowest BCUT2D eigenvalue weighted by Crippen LogP contribution is -2.00. The average molecular weight is 322 g/mol. The first-order valence-electron chi connectivity index (χ1n) is 6.53. The van der Waals surface area contributed by atoms with Gasteiger partial charge in [0.25, 0.3) is 0 Å². The fourth-order valence-electron chi connectivity index (χ4n) is 2.51. The quantitative estimate of drug-likeness (QED) is 0.370. The summed E-state index contributed by atoms with van der Waals surface area (Å²) >= 11 is 7.09. The van der Waals surface area contributed by atoms with Crippen LogP contribution < -0.4 is 0 Å². The van der Waals surface area contributed by atoms with E-state index in [0.29, 0.717) is 0 Å². The summed E-state index contributed by atoms with van der Waals surface area (Å²) in [7, 11) is 0. The molecule has 1 heterocycles. The molecule has 5 nitrogen and oxygen atoms in total. The van der Waals surface area contributed by atoms with E-state index < -0.39 is 4.92 Å². The van der Waals surface area contributed by atoms with Gasteiger partial charge in [0.2, 0.25) is 5.28 Å². The van der Waals surface area contributed by atoms with E-state index in [1.54, 1.807) is 6.92 Å². The summed E-state index contributed by atoms with van der Waals surface area (Å²) in [6, 6.07) is 6.15. The summed E-state index contributed by atoms with van der Waals surface area (Å²) in [6.45, 7) is 1.57. The summed E-state index contributed by atoms with van der Waals surface area (Å²) in [5, 5.41) is 11.5. The van der Waals surface area contributed by atoms with Crippen LogP contribution in [0.15, 0.2) is 28.1 Å². The smallest absolute Gasteiger partial charge is 0.258 e. The fraction of sp³-hybridized carbons (Fsp3) is 0.286. The van der Waals surface area contributed by atoms with Gasteiger partial charge < -0.3 is 0 Å². The number of halogens is 1. The van der Waals surface area contributed by atoms with Crippen molar-refractivity contribution in [2.45, 2.75) is 36.1 Å². The number of hydrogen-bond donors (Lipinski definition) is 0. The molecule has 3 rings (SSSR count). The third-order valence-corrected chi connectivity index (χ3v) is 4.60. The Morgan fingerprint density at radius 1 is 1.29 bits per heavy atom. The Morgan fingerprint density at radius 2 is 2.05 bits per heavy atom. The van der Waals surface area contributed by atoms with Crippen molar-refractivity contribution in [3.63, 3.8) is 0 Å². The summed E-state index contributed by atoms with van der Waals surface area (Å²) in [6.07, 6.45) is 3.34. The maximum atomic E-state index is 11.2. The van der Waals surface area contributed by atoms with Crippen LogP contribution >= 0.6 is 23.4 Å². The molecule has 0 radical (unpaired) electrons. The standard InChI is InChI=1S/C14H12ClN3O2S/c1-8-12(18(19)20)13(17-14(15)16-8)21-11-6-5-9-3-2-4-10(9)7-11/h5-7H,2-4H2,1H3. The molecule has 0 aliphatic heterocycles. The molecule has 1 aliphatic carbocycles. The second kappa shape index (κ2) is 5.61. The minimum Gasteiger partial charge on any atom is -0.258 e. The zero-order valence-electron chi connectivity index (χ0n) is 11.3. The predicted octanol–water partition coefficient (Wildman–Crippen LogP) is 3.99. The van der Waals surface area contributed by atoms with Gasteiger partial charge >= 0.3 is 5.69 Å². The number of benzene rings is 1. The van der Waals surface area contributed by atoms with Gasteiger partial charge in [0, 0.05) is 4.90 Å². The molecule has 0 unspecified atom stereocenters. The molecule has 0 atom stereocenters. The van der Waals surface area contributed by atoms with E-state index in [0.717, 1.165) is 17.7 Å². The number of hydrogen-bond acceptors (Lipinski definition) is 5. The Hall–Kier alpha value is -1.66. The molecule has 21 heavy (non-hydrogen) atoms. The summed E-state index contributed by atoms with van der Waals surface area (Å²) < 4.78 is 0. The zero-order valence-corrected chi connectivity index (χ0v) is 12.9. The molecule has 0 bridgehead atoms. The van der Waals surface area contributed by atoms with Crippen LogP contribution in [0.5, 0.6) is 0 Å². The molecule has 1 aromatic carbocycles. The molecular formula is C14H12ClN3O2S. The second-order valence-electron chi connectivity index (χ2n) is 4.88. The van der Waals surface area contributed by atoms with Crippen LogP contribution in [-0.2, 0) is 12.8 Å². The van der Waals surface area contributed by atoms with E-state index in [2.05, 4.69) is 22.1 Å². The van der Waals surface area contributed by atoms with Gasteiger partial charge in [-0.3, -0.25) is 10.1 Å². The molecule has 0 N–H and O–H groups in total. The van der Waals surface area contributed by atoms with Crippen molar-refractivity contribution in [1.29, 1.82) is 0 Å². The Bertz CT molecular complexity index is 736. The zero-order chi connectivity index (χ0) is 15.0. The van der Waals surface area contributed by atoms with E-state index >= 15 is 0 Å². The van der Waals surface area contributed by atoms with Crippen LogP contribution in [-0.4, -0.2) is 14.9 Å². The average Bonchev–Trinajstić information content (AvgIpc) is 2.84. The SMILES string of the molecule is Cc1nc(Cl)nc(Sc2ccc3c(c2)CCC3)c1[N+](=O)[O-]. The van der Waals surface area contributed by atoms with Gasteiger partial charge in [-0.05, 0) is 61.0 Å². The number of rotatable bonds is 3. The van der Waals surface area contributed by atoms with Gasteiger partial charge in [-0.25, -0.2) is 9.97 Å². The molecule has 0 saturated carbocycles. The van der Waals surface area contributed by atoms with Crippen molar-refractivity contribution in [1.82, 2.24) is 9.97 Å². The Balaban J connectivity index is 1.99. The molecule has 1 aromatic heterocycles. The number of nitrogens with zero attached hydrogens (tertiary/aromatic N) is 3. The summed E-state index contributed by atoms with van der Waals surface area (Å²) in [4.78, 5) is 19.6. The molecule has 0 fully saturated rings. The molecule has 0 amide bonds. The lowest BCUT2D eigenvalue weighted by Gasteiger charge is -2.06. The third kappa shape index (κ3) is 2.87. The molecule has 108 valence electrons. The second-order valence-corrected chi connectivity index (χ2v) is 6.28. The van der Waals surface area contributed by atoms with Crippen LogP contribution in [0.2, 0.25) is 5.28 Å². The van der Waals surface area contributed by atoms with Gasteiger partial charge in [-0.1, -0.05) is 17.8 Å². The maximum Gasteiger partial charge on any atom is 0.322 e. The highest BCUT2D eigenvalue weighted by Gasteiger charge is 2.23. The molecule has 1 aliphatic rings. The van der Waals surface area contributed by atoms with Crippen molar-refractivity contribution in [3.8, 4) is 0 Å². The van der Waals surface area contributed by atoms with Crippen LogP contribution in [0, 0.1) is 17.0 Å². The van der Waals surface area contributed by atoms with Crippen LogP contribution in [0.25, 0.3) is 0 Å². The lowest BCUT2D eigenvalue weighted by atomic mass is 10.1. The van der Waals surface area contributed by atoms with Crippen LogP contribution in [0.1, 0.15) is 23.2 Å². The first-order valence-corrected chi connectivity index (χ1v) is 7.72. The summed E-state index contributed by atoms with van der Waals surface area (Å²) in [5.74, 6) is 0. The van der Waals surface area contributed by atoms with E-state index in [9.17, 15) is 10.1 Å². The van der Waals surface area contributed by atoms with Crippen molar-refractivity contribution in [2.75, 3.05) is 0 Å². The molecule has 0 saturated heterocycles. The Kier molecular flexibility index (Phi) is 3.82. The van der Waals surface area contributed by atoms with E-state index in [1.165, 1.54) is 29.3 Å². The first kappa shape index (κ1) is 14.3. The molecule has 0 spiro atoms. The number of aromatic nitrogens is 2. The Morgan fingerprint density at radius 3 is 2.81 bits per heavy atom. The number of fused-ring (bicyclic) bond motifs is 1. The maximum absolute atomic E-state index is 11.2. The molecular weight excluding hydrogens is 310 g/mol.